The van der Waals surface area contributed by atoms with Gasteiger partial charge in [-0.05, 0) is 59.3 Å². The van der Waals surface area contributed by atoms with Crippen LogP contribution in [0.25, 0.3) is 0 Å². The molecule has 1 aliphatic heterocycles. The molecule has 7 atom stereocenters. The Kier molecular flexibility index (Phi) is 11.3. The van der Waals surface area contributed by atoms with Gasteiger partial charge in [-0.1, -0.05) is 36.6 Å². The summed E-state index contributed by atoms with van der Waals surface area (Å²) in [6, 6.07) is 0. The molecule has 0 spiro atoms. The molecule has 0 radical (unpaired) electrons. The normalized spacial score (nSPS) is 31.0. The average Bonchev–Trinajstić information content (AvgIpc) is 3.20. The second kappa shape index (κ2) is 11.1. The van der Waals surface area contributed by atoms with Gasteiger partial charge in [0.25, 0.3) is 0 Å². The Morgan fingerprint density at radius 3 is 2.00 bits per heavy atom. The van der Waals surface area contributed by atoms with Crippen LogP contribution < -0.4 is 0 Å². The molecule has 0 N–H and O–H groups in total. The molecule has 3 rings (SSSR count). The largest absolute Gasteiger partial charge is 0.459 e. The molecule has 7 unspecified atom stereocenters. The average molecular weight is 539 g/mol. The van der Waals surface area contributed by atoms with E-state index in [0.717, 1.165) is 6.92 Å². The molecule has 1 heterocycles. The van der Waals surface area contributed by atoms with Crippen molar-refractivity contribution >= 4 is 11.9 Å². The zero-order chi connectivity index (χ0) is 24.5. The van der Waals surface area contributed by atoms with Gasteiger partial charge >= 0.3 is 24.3 Å². The number of carbonyl (C=O) groups excluding carboxylic acids is 2. The number of fused-ring (bicyclic) bond motifs is 1. The van der Waals surface area contributed by atoms with Crippen molar-refractivity contribution in [3.8, 4) is 0 Å². The van der Waals surface area contributed by atoms with Gasteiger partial charge in [0.15, 0.2) is 10.8 Å². The fraction of sp³-hybridized carbons (Fsp3) is 0.920. The van der Waals surface area contributed by atoms with Crippen LogP contribution in [0.2, 0.25) is 0 Å². The third-order valence-electron chi connectivity index (χ3n) is 6.99. The predicted octanol–water partition coefficient (Wildman–Crippen LogP) is 7.51. The Morgan fingerprint density at radius 2 is 1.58 bits per heavy atom. The highest BCUT2D eigenvalue weighted by atomic mass is 19.4. The topological polar surface area (TPSA) is 61.8 Å². The lowest BCUT2D eigenvalue weighted by Gasteiger charge is -2.38. The van der Waals surface area contributed by atoms with Crippen LogP contribution in [0, 0.1) is 22.7 Å². The Morgan fingerprint density at radius 1 is 1.06 bits per heavy atom. The predicted molar refractivity (Wildman–Crippen MR) is 125 cm³/mol. The molecule has 0 aromatic heterocycles. The Labute approximate surface area is 211 Å². The highest BCUT2D eigenvalue weighted by Gasteiger charge is 2.80. The summed E-state index contributed by atoms with van der Waals surface area (Å²) in [5.41, 5.74) is -6.57. The van der Waals surface area contributed by atoms with E-state index >= 15 is 0 Å². The van der Waals surface area contributed by atoms with Crippen LogP contribution in [0.1, 0.15) is 90.0 Å². The van der Waals surface area contributed by atoms with Crippen LogP contribution >= 0.6 is 0 Å². The van der Waals surface area contributed by atoms with E-state index in [-0.39, 0.29) is 42.5 Å². The van der Waals surface area contributed by atoms with Gasteiger partial charge in [-0.2, -0.15) is 26.3 Å². The first-order chi connectivity index (χ1) is 14.4. The summed E-state index contributed by atoms with van der Waals surface area (Å²) < 4.78 is 98.7. The number of hydrogen-bond acceptors (Lipinski definition) is 5. The highest BCUT2D eigenvalue weighted by Crippen LogP contribution is 2.68. The van der Waals surface area contributed by atoms with E-state index in [1.54, 1.807) is 6.92 Å². The summed E-state index contributed by atoms with van der Waals surface area (Å²) in [4.78, 5) is 24.6. The van der Waals surface area contributed by atoms with Crippen LogP contribution in [-0.4, -0.2) is 48.2 Å². The molecule has 11 heteroatoms. The Hall–Kier alpha value is -1.52. The first kappa shape index (κ1) is 36.6. The molecule has 3 fully saturated rings. The lowest BCUT2D eigenvalue weighted by molar-refractivity contribution is -0.247. The molecule has 1 saturated heterocycles. The van der Waals surface area contributed by atoms with Gasteiger partial charge in [0.1, 0.15) is 11.7 Å². The quantitative estimate of drug-likeness (QED) is 0.259. The van der Waals surface area contributed by atoms with Crippen LogP contribution in [-0.2, 0) is 23.8 Å². The summed E-state index contributed by atoms with van der Waals surface area (Å²) in [6.07, 6.45) is -14.0. The van der Waals surface area contributed by atoms with Gasteiger partial charge < -0.3 is 14.2 Å². The monoisotopic (exact) mass is 538 g/mol. The van der Waals surface area contributed by atoms with Gasteiger partial charge in [0.05, 0.1) is 12.2 Å². The SMILES string of the molecule is C.C.C.C.CCC(CC(C)(C(=O)OC(C)(C)C)C(F)(F)F)OC1C2CC3C1OC(=O)C3(C(F)(F)F)C2. The number of carbonyl (C=O) groups is 2. The highest BCUT2D eigenvalue weighted by molar-refractivity contribution is 5.82. The minimum atomic E-state index is -4.94. The van der Waals surface area contributed by atoms with E-state index < -0.39 is 83.7 Å². The molecular weight excluding hydrogens is 494 g/mol. The zero-order valence-corrected chi connectivity index (χ0v) is 18.5. The number of esters is 2. The van der Waals surface area contributed by atoms with E-state index in [2.05, 4.69) is 0 Å². The van der Waals surface area contributed by atoms with Crippen molar-refractivity contribution in [1.29, 1.82) is 0 Å². The smallest absolute Gasteiger partial charge is 0.405 e. The van der Waals surface area contributed by atoms with Crippen molar-refractivity contribution in [1.82, 2.24) is 0 Å². The first-order valence-corrected chi connectivity index (χ1v) is 10.6. The van der Waals surface area contributed by atoms with Crippen molar-refractivity contribution < 1.29 is 50.1 Å². The lowest BCUT2D eigenvalue weighted by Crippen LogP contribution is -2.50. The van der Waals surface area contributed by atoms with E-state index in [1.807, 2.05) is 0 Å². The molecule has 2 saturated carbocycles. The number of rotatable bonds is 6. The van der Waals surface area contributed by atoms with Crippen molar-refractivity contribution in [2.24, 2.45) is 22.7 Å². The molecule has 2 aliphatic carbocycles. The van der Waals surface area contributed by atoms with Crippen molar-refractivity contribution in [2.75, 3.05) is 0 Å². The fourth-order valence-corrected chi connectivity index (χ4v) is 5.25. The number of hydrogen-bond donors (Lipinski definition) is 0. The fourth-order valence-electron chi connectivity index (χ4n) is 5.25. The van der Waals surface area contributed by atoms with Crippen LogP contribution in [0.15, 0.2) is 0 Å². The summed E-state index contributed by atoms with van der Waals surface area (Å²) in [5.74, 6) is -4.56. The van der Waals surface area contributed by atoms with Crippen LogP contribution in [0.3, 0.4) is 0 Å². The summed E-state index contributed by atoms with van der Waals surface area (Å²) >= 11 is 0. The number of alkyl halides is 6. The minimum Gasteiger partial charge on any atom is -0.459 e. The molecule has 5 nitrogen and oxygen atoms in total. The van der Waals surface area contributed by atoms with Crippen molar-refractivity contribution in [2.45, 2.75) is 126 Å². The maximum Gasteiger partial charge on any atom is 0.405 e. The molecule has 0 amide bonds. The van der Waals surface area contributed by atoms with Crippen molar-refractivity contribution in [3.63, 3.8) is 0 Å². The molecule has 0 aromatic rings. The maximum absolute atomic E-state index is 13.9. The first-order valence-electron chi connectivity index (χ1n) is 10.6. The van der Waals surface area contributed by atoms with E-state index in [9.17, 15) is 35.9 Å². The second-order valence-corrected chi connectivity index (χ2v) is 10.3. The summed E-state index contributed by atoms with van der Waals surface area (Å²) in [7, 11) is 0. The zero-order valence-electron chi connectivity index (χ0n) is 18.5. The van der Waals surface area contributed by atoms with E-state index in [4.69, 9.17) is 14.2 Å². The molecule has 36 heavy (non-hydrogen) atoms. The number of ether oxygens (including phenoxy) is 3. The van der Waals surface area contributed by atoms with Gasteiger partial charge in [0.2, 0.25) is 0 Å². The summed E-state index contributed by atoms with van der Waals surface area (Å²) in [6.45, 7) is 6.65. The molecular formula is C25H44F6O5. The maximum atomic E-state index is 13.9. The van der Waals surface area contributed by atoms with Gasteiger partial charge in [-0.3, -0.25) is 9.59 Å². The Balaban J connectivity index is 0. The minimum absolute atomic E-state index is 0. The standard InChI is InChI=1S/C21H28F6O5.4CH4/c1-6-11(9-18(5,20(22,23)24)15(28)32-17(2,3)4)30-13-10-7-12-14(13)31-16(29)19(12,8-10)21(25,26)27;;;;/h10-14H,6-9H2,1-5H3;4*1H4. The molecule has 216 valence electrons. The van der Waals surface area contributed by atoms with E-state index in [0.29, 0.717) is 0 Å². The molecule has 0 aromatic carbocycles. The third kappa shape index (κ3) is 5.65. The van der Waals surface area contributed by atoms with Gasteiger partial charge in [0, 0.05) is 5.92 Å². The van der Waals surface area contributed by atoms with E-state index in [1.165, 1.54) is 20.8 Å². The molecule has 2 bridgehead atoms. The van der Waals surface area contributed by atoms with Gasteiger partial charge in [-0.25, -0.2) is 0 Å². The number of halogens is 6. The van der Waals surface area contributed by atoms with Gasteiger partial charge in [-0.15, -0.1) is 0 Å². The van der Waals surface area contributed by atoms with Crippen molar-refractivity contribution in [3.05, 3.63) is 0 Å². The van der Waals surface area contributed by atoms with Crippen LogP contribution in [0.4, 0.5) is 26.3 Å². The van der Waals surface area contributed by atoms with Crippen LogP contribution in [0.5, 0.6) is 0 Å². The lowest BCUT2D eigenvalue weighted by atomic mass is 9.72. The Bertz CT molecular complexity index is 774. The summed E-state index contributed by atoms with van der Waals surface area (Å²) in [5, 5.41) is 0. The second-order valence-electron chi connectivity index (χ2n) is 10.3. The molecule has 3 aliphatic rings. The third-order valence-corrected chi connectivity index (χ3v) is 6.99.